The van der Waals surface area contributed by atoms with Crippen molar-refractivity contribution in [2.75, 3.05) is 11.5 Å². The second-order valence-corrected chi connectivity index (χ2v) is 6.55. The van der Waals surface area contributed by atoms with Gasteiger partial charge in [-0.05, 0) is 42.5 Å². The molecule has 1 aromatic carbocycles. The minimum atomic E-state index is -0.0223. The summed E-state index contributed by atoms with van der Waals surface area (Å²) in [7, 11) is 0. The van der Waals surface area contributed by atoms with Gasteiger partial charge in [-0.3, -0.25) is 0 Å². The number of hydrogen-bond acceptors (Lipinski definition) is 3. The van der Waals surface area contributed by atoms with E-state index in [9.17, 15) is 0 Å². The standard InChI is InChI=1S/C13H16ClNOS/c14-9-1-2-12-10(7-9)11(15)8-13(16-12)3-5-17-6-4-13/h1-2,7,11H,3-6,8,15H2/t11-/m1/s1. The molecule has 1 atom stereocenters. The van der Waals surface area contributed by atoms with Crippen LogP contribution >= 0.6 is 23.4 Å². The molecule has 2 aliphatic heterocycles. The van der Waals surface area contributed by atoms with Crippen LogP contribution in [-0.2, 0) is 0 Å². The topological polar surface area (TPSA) is 35.2 Å². The molecule has 2 aliphatic rings. The average Bonchev–Trinajstić information content (AvgIpc) is 2.31. The Hall–Kier alpha value is -0.380. The fraction of sp³-hybridized carbons (Fsp3) is 0.538. The Bertz CT molecular complexity index is 431. The van der Waals surface area contributed by atoms with Crippen LogP contribution < -0.4 is 10.5 Å². The molecule has 1 fully saturated rings. The molecule has 0 amide bonds. The van der Waals surface area contributed by atoms with Gasteiger partial charge in [-0.1, -0.05) is 11.6 Å². The van der Waals surface area contributed by atoms with Gasteiger partial charge < -0.3 is 10.5 Å². The molecule has 17 heavy (non-hydrogen) atoms. The van der Waals surface area contributed by atoms with Crippen molar-refractivity contribution in [2.45, 2.75) is 30.9 Å². The van der Waals surface area contributed by atoms with E-state index in [0.29, 0.717) is 0 Å². The highest BCUT2D eigenvalue weighted by Crippen LogP contribution is 2.45. The summed E-state index contributed by atoms with van der Waals surface area (Å²) in [5, 5.41) is 0.734. The minimum absolute atomic E-state index is 0.0223. The van der Waals surface area contributed by atoms with Gasteiger partial charge in [-0.25, -0.2) is 0 Å². The molecule has 0 bridgehead atoms. The summed E-state index contributed by atoms with van der Waals surface area (Å²) >= 11 is 8.01. The van der Waals surface area contributed by atoms with Crippen molar-refractivity contribution in [3.8, 4) is 5.75 Å². The summed E-state index contributed by atoms with van der Waals surface area (Å²) in [5.74, 6) is 3.28. The highest BCUT2D eigenvalue weighted by molar-refractivity contribution is 7.99. The quantitative estimate of drug-likeness (QED) is 0.784. The molecule has 0 aliphatic carbocycles. The van der Waals surface area contributed by atoms with Crippen LogP contribution in [0.15, 0.2) is 18.2 Å². The largest absolute Gasteiger partial charge is 0.487 e. The van der Waals surface area contributed by atoms with Gasteiger partial charge in [0.05, 0.1) is 0 Å². The maximum absolute atomic E-state index is 6.28. The highest BCUT2D eigenvalue weighted by atomic mass is 35.5. The van der Waals surface area contributed by atoms with Gasteiger partial charge in [0.2, 0.25) is 0 Å². The van der Waals surface area contributed by atoms with Crippen LogP contribution in [0, 0.1) is 0 Å². The van der Waals surface area contributed by atoms with Crippen molar-refractivity contribution in [3.05, 3.63) is 28.8 Å². The predicted molar refractivity (Wildman–Crippen MR) is 72.9 cm³/mol. The van der Waals surface area contributed by atoms with Crippen LogP contribution in [0.25, 0.3) is 0 Å². The summed E-state index contributed by atoms with van der Waals surface area (Å²) < 4.78 is 6.23. The first kappa shape index (κ1) is 11.7. The molecule has 1 saturated heterocycles. The number of thioether (sulfide) groups is 1. The summed E-state index contributed by atoms with van der Waals surface area (Å²) in [5.41, 5.74) is 7.31. The summed E-state index contributed by atoms with van der Waals surface area (Å²) in [6.45, 7) is 0. The average molecular weight is 270 g/mol. The number of hydrogen-bond donors (Lipinski definition) is 1. The zero-order valence-electron chi connectivity index (χ0n) is 9.62. The number of rotatable bonds is 0. The lowest BCUT2D eigenvalue weighted by Crippen LogP contribution is -2.45. The van der Waals surface area contributed by atoms with Gasteiger partial charge in [0.1, 0.15) is 11.4 Å². The van der Waals surface area contributed by atoms with Crippen molar-refractivity contribution < 1.29 is 4.74 Å². The normalized spacial score (nSPS) is 26.4. The molecule has 0 radical (unpaired) electrons. The maximum Gasteiger partial charge on any atom is 0.125 e. The number of fused-ring (bicyclic) bond motifs is 1. The Balaban J connectivity index is 1.94. The lowest BCUT2D eigenvalue weighted by atomic mass is 9.83. The third kappa shape index (κ3) is 2.16. The van der Waals surface area contributed by atoms with E-state index < -0.39 is 0 Å². The van der Waals surface area contributed by atoms with E-state index in [1.165, 1.54) is 11.5 Å². The Morgan fingerprint density at radius 1 is 1.35 bits per heavy atom. The Morgan fingerprint density at radius 2 is 2.12 bits per heavy atom. The molecule has 1 spiro atoms. The summed E-state index contributed by atoms with van der Waals surface area (Å²) in [6.07, 6.45) is 3.13. The molecule has 0 aromatic heterocycles. The van der Waals surface area contributed by atoms with E-state index >= 15 is 0 Å². The first-order chi connectivity index (χ1) is 8.19. The SMILES string of the molecule is N[C@@H]1CC2(CCSCC2)Oc2ccc(Cl)cc21. The predicted octanol–water partition coefficient (Wildman–Crippen LogP) is 3.39. The third-order valence-electron chi connectivity index (χ3n) is 3.69. The van der Waals surface area contributed by atoms with E-state index in [1.54, 1.807) is 0 Å². The monoisotopic (exact) mass is 269 g/mol. The lowest BCUT2D eigenvalue weighted by molar-refractivity contribution is 0.0280. The summed E-state index contributed by atoms with van der Waals surface area (Å²) in [6, 6.07) is 5.83. The molecule has 4 heteroatoms. The number of halogens is 1. The van der Waals surface area contributed by atoms with Crippen molar-refractivity contribution in [3.63, 3.8) is 0 Å². The zero-order chi connectivity index (χ0) is 11.9. The number of benzene rings is 1. The molecule has 92 valence electrons. The summed E-state index contributed by atoms with van der Waals surface area (Å²) in [4.78, 5) is 0. The second kappa shape index (κ2) is 4.38. The van der Waals surface area contributed by atoms with Crippen LogP contribution in [0.4, 0.5) is 0 Å². The minimum Gasteiger partial charge on any atom is -0.487 e. The van der Waals surface area contributed by atoms with Crippen LogP contribution in [0.2, 0.25) is 5.02 Å². The van der Waals surface area contributed by atoms with Crippen molar-refractivity contribution in [1.82, 2.24) is 0 Å². The Kier molecular flexibility index (Phi) is 3.01. The van der Waals surface area contributed by atoms with Gasteiger partial charge in [0.15, 0.2) is 0 Å². The first-order valence-electron chi connectivity index (χ1n) is 6.00. The van der Waals surface area contributed by atoms with Gasteiger partial charge in [-0.2, -0.15) is 11.8 Å². The molecular weight excluding hydrogens is 254 g/mol. The van der Waals surface area contributed by atoms with E-state index in [2.05, 4.69) is 0 Å². The molecule has 2 nitrogen and oxygen atoms in total. The fourth-order valence-electron chi connectivity index (χ4n) is 2.74. The molecule has 2 N–H and O–H groups in total. The second-order valence-electron chi connectivity index (χ2n) is 4.89. The highest BCUT2D eigenvalue weighted by Gasteiger charge is 2.40. The van der Waals surface area contributed by atoms with Crippen LogP contribution in [-0.4, -0.2) is 17.1 Å². The molecule has 2 heterocycles. The van der Waals surface area contributed by atoms with Crippen LogP contribution in [0.1, 0.15) is 30.9 Å². The van der Waals surface area contributed by atoms with E-state index in [1.807, 2.05) is 30.0 Å². The van der Waals surface area contributed by atoms with Crippen LogP contribution in [0.3, 0.4) is 0 Å². The molecule has 3 rings (SSSR count). The smallest absolute Gasteiger partial charge is 0.125 e. The van der Waals surface area contributed by atoms with Crippen molar-refractivity contribution >= 4 is 23.4 Å². The zero-order valence-corrected chi connectivity index (χ0v) is 11.2. The number of nitrogens with two attached hydrogens (primary N) is 1. The van der Waals surface area contributed by atoms with Crippen LogP contribution in [0.5, 0.6) is 5.75 Å². The van der Waals surface area contributed by atoms with Gasteiger partial charge in [0.25, 0.3) is 0 Å². The van der Waals surface area contributed by atoms with E-state index in [0.717, 1.165) is 35.6 Å². The van der Waals surface area contributed by atoms with Gasteiger partial charge in [0, 0.05) is 23.0 Å². The fourth-order valence-corrected chi connectivity index (χ4v) is 4.15. The van der Waals surface area contributed by atoms with Crippen molar-refractivity contribution in [2.24, 2.45) is 5.73 Å². The number of ether oxygens (including phenoxy) is 1. The molecule has 0 unspecified atom stereocenters. The van der Waals surface area contributed by atoms with Gasteiger partial charge in [-0.15, -0.1) is 0 Å². The Morgan fingerprint density at radius 3 is 2.88 bits per heavy atom. The maximum atomic E-state index is 6.28. The first-order valence-corrected chi connectivity index (χ1v) is 7.54. The van der Waals surface area contributed by atoms with Crippen molar-refractivity contribution in [1.29, 1.82) is 0 Å². The molecular formula is C13H16ClNOS. The Labute approximate surface area is 111 Å². The molecule has 0 saturated carbocycles. The molecule has 1 aromatic rings. The lowest BCUT2D eigenvalue weighted by Gasteiger charge is -2.43. The van der Waals surface area contributed by atoms with E-state index in [-0.39, 0.29) is 11.6 Å². The van der Waals surface area contributed by atoms with Gasteiger partial charge >= 0.3 is 0 Å². The third-order valence-corrected chi connectivity index (χ3v) is 4.91. The van der Waals surface area contributed by atoms with E-state index in [4.69, 9.17) is 22.1 Å².